The Bertz CT molecular complexity index is 244. The van der Waals surface area contributed by atoms with Crippen LogP contribution in [-0.4, -0.2) is 38.9 Å². The first-order valence-corrected chi connectivity index (χ1v) is 5.22. The van der Waals surface area contributed by atoms with E-state index >= 15 is 0 Å². The fraction of sp³-hybridized carbons (Fsp3) is 0.875. The number of nitrogens with zero attached hydrogens (tertiary/aromatic N) is 1. The Kier molecular flexibility index (Phi) is 2.05. The molecule has 13 heavy (non-hydrogen) atoms. The number of thioether (sulfide) groups is 1. The molecular formula is C8H13NO3S. The van der Waals surface area contributed by atoms with Gasteiger partial charge in [0.05, 0.1) is 12.0 Å². The van der Waals surface area contributed by atoms with E-state index in [4.69, 9.17) is 9.94 Å². The summed E-state index contributed by atoms with van der Waals surface area (Å²) in [5.41, 5.74) is 0. The molecule has 5 heteroatoms. The molecule has 2 heterocycles. The van der Waals surface area contributed by atoms with Crippen molar-refractivity contribution in [3.8, 4) is 0 Å². The van der Waals surface area contributed by atoms with E-state index in [1.54, 1.807) is 16.8 Å². The summed E-state index contributed by atoms with van der Waals surface area (Å²) in [4.78, 5) is 16.3. The molecule has 0 aromatic carbocycles. The summed E-state index contributed by atoms with van der Waals surface area (Å²) in [5, 5.41) is 10.9. The maximum Gasteiger partial charge on any atom is 0.324 e. The number of hydrogen-bond donors (Lipinski definition) is 1. The molecule has 2 aliphatic heterocycles. The third kappa shape index (κ3) is 1.35. The van der Waals surface area contributed by atoms with Gasteiger partial charge in [0, 0.05) is 4.75 Å². The highest BCUT2D eigenvalue weighted by atomic mass is 32.2. The van der Waals surface area contributed by atoms with Gasteiger partial charge in [-0.2, -0.15) is 5.06 Å². The van der Waals surface area contributed by atoms with Crippen LogP contribution in [-0.2, 0) is 9.63 Å². The summed E-state index contributed by atoms with van der Waals surface area (Å²) < 4.78 is -0.253. The Morgan fingerprint density at radius 1 is 1.69 bits per heavy atom. The molecule has 0 aromatic heterocycles. The SMILES string of the molecule is CC1(C)SC2CCON2C1C(=O)O. The van der Waals surface area contributed by atoms with E-state index in [0.717, 1.165) is 6.42 Å². The van der Waals surface area contributed by atoms with E-state index < -0.39 is 12.0 Å². The highest BCUT2D eigenvalue weighted by Gasteiger charge is 2.54. The first-order valence-electron chi connectivity index (χ1n) is 4.34. The summed E-state index contributed by atoms with van der Waals surface area (Å²) in [6, 6.07) is -0.509. The predicted molar refractivity (Wildman–Crippen MR) is 49.3 cm³/mol. The van der Waals surface area contributed by atoms with Gasteiger partial charge in [-0.1, -0.05) is 0 Å². The minimum atomic E-state index is -0.790. The summed E-state index contributed by atoms with van der Waals surface area (Å²) in [6.45, 7) is 4.56. The van der Waals surface area contributed by atoms with Gasteiger partial charge in [0.25, 0.3) is 0 Å². The molecule has 1 N–H and O–H groups in total. The van der Waals surface area contributed by atoms with E-state index in [9.17, 15) is 4.79 Å². The largest absolute Gasteiger partial charge is 0.480 e. The van der Waals surface area contributed by atoms with Gasteiger partial charge in [-0.25, -0.2) is 0 Å². The quantitative estimate of drug-likeness (QED) is 0.687. The molecule has 2 unspecified atom stereocenters. The highest BCUT2D eigenvalue weighted by molar-refractivity contribution is 8.01. The predicted octanol–water partition coefficient (Wildman–Crippen LogP) is 0.928. The Morgan fingerprint density at radius 2 is 2.38 bits per heavy atom. The lowest BCUT2D eigenvalue weighted by Gasteiger charge is -2.25. The number of carboxylic acid groups (broad SMARTS) is 1. The smallest absolute Gasteiger partial charge is 0.324 e. The number of rotatable bonds is 1. The molecule has 0 amide bonds. The first-order chi connectivity index (χ1) is 6.02. The van der Waals surface area contributed by atoms with Gasteiger partial charge in [0.2, 0.25) is 0 Å². The van der Waals surface area contributed by atoms with Gasteiger partial charge in [0.1, 0.15) is 6.04 Å². The van der Waals surface area contributed by atoms with E-state index in [2.05, 4.69) is 0 Å². The molecule has 2 rings (SSSR count). The molecule has 2 fully saturated rings. The van der Waals surface area contributed by atoms with Crippen LogP contribution in [0.3, 0.4) is 0 Å². The molecule has 4 nitrogen and oxygen atoms in total. The lowest BCUT2D eigenvalue weighted by atomic mass is 10.0. The highest BCUT2D eigenvalue weighted by Crippen LogP contribution is 2.47. The summed E-state index contributed by atoms with van der Waals surface area (Å²) in [5.74, 6) is -0.790. The van der Waals surface area contributed by atoms with Gasteiger partial charge in [-0.15, -0.1) is 11.8 Å². The monoisotopic (exact) mass is 203 g/mol. The molecule has 2 aliphatic rings. The van der Waals surface area contributed by atoms with Crippen LogP contribution < -0.4 is 0 Å². The summed E-state index contributed by atoms with van der Waals surface area (Å²) in [6.07, 6.45) is 0.928. The molecule has 0 saturated carbocycles. The van der Waals surface area contributed by atoms with Gasteiger partial charge in [-0.3, -0.25) is 9.63 Å². The minimum Gasteiger partial charge on any atom is -0.480 e. The third-order valence-corrected chi connectivity index (χ3v) is 4.02. The van der Waals surface area contributed by atoms with Crippen LogP contribution in [0.1, 0.15) is 20.3 Å². The average Bonchev–Trinajstić information content (AvgIpc) is 2.41. The molecule has 74 valence electrons. The zero-order valence-electron chi connectivity index (χ0n) is 7.69. The van der Waals surface area contributed by atoms with Crippen molar-refractivity contribution in [1.82, 2.24) is 5.06 Å². The minimum absolute atomic E-state index is 0.232. The molecule has 0 spiro atoms. The second-order valence-electron chi connectivity index (χ2n) is 3.90. The summed E-state index contributed by atoms with van der Waals surface area (Å²) in [7, 11) is 0. The van der Waals surface area contributed by atoms with Gasteiger partial charge in [-0.05, 0) is 20.3 Å². The van der Waals surface area contributed by atoms with Crippen molar-refractivity contribution in [1.29, 1.82) is 0 Å². The number of fused-ring (bicyclic) bond motifs is 1. The van der Waals surface area contributed by atoms with Crippen molar-refractivity contribution in [2.24, 2.45) is 0 Å². The van der Waals surface area contributed by atoms with Crippen LogP contribution >= 0.6 is 11.8 Å². The zero-order chi connectivity index (χ0) is 9.64. The van der Waals surface area contributed by atoms with Crippen molar-refractivity contribution in [2.75, 3.05) is 6.61 Å². The van der Waals surface area contributed by atoms with Crippen LogP contribution in [0.25, 0.3) is 0 Å². The van der Waals surface area contributed by atoms with Gasteiger partial charge < -0.3 is 5.11 Å². The third-order valence-electron chi connectivity index (χ3n) is 2.48. The van der Waals surface area contributed by atoms with Crippen LogP contribution in [0.5, 0.6) is 0 Å². The van der Waals surface area contributed by atoms with Crippen molar-refractivity contribution >= 4 is 17.7 Å². The lowest BCUT2D eigenvalue weighted by molar-refractivity contribution is -0.176. The molecular weight excluding hydrogens is 190 g/mol. The standard InChI is InChI=1S/C8H13NO3S/c1-8(2)6(7(10)11)9-5(13-8)3-4-12-9/h5-6H,3-4H2,1-2H3,(H,10,11). The topological polar surface area (TPSA) is 49.8 Å². The maximum absolute atomic E-state index is 11.0. The fourth-order valence-corrected chi connectivity index (χ4v) is 3.48. The summed E-state index contributed by atoms with van der Waals surface area (Å²) >= 11 is 1.69. The molecule has 0 bridgehead atoms. The number of carboxylic acids is 1. The van der Waals surface area contributed by atoms with Gasteiger partial charge >= 0.3 is 5.97 Å². The van der Waals surface area contributed by atoms with Gasteiger partial charge in [0.15, 0.2) is 0 Å². The Hall–Kier alpha value is -0.260. The first kappa shape index (κ1) is 9.30. The van der Waals surface area contributed by atoms with Crippen molar-refractivity contribution in [2.45, 2.75) is 36.4 Å². The number of hydroxylamine groups is 2. The fourth-order valence-electron chi connectivity index (χ4n) is 1.95. The number of hydrogen-bond acceptors (Lipinski definition) is 4. The van der Waals surface area contributed by atoms with Crippen LogP contribution in [0, 0.1) is 0 Å². The van der Waals surface area contributed by atoms with E-state index in [1.165, 1.54) is 0 Å². The van der Waals surface area contributed by atoms with Crippen molar-refractivity contribution < 1.29 is 14.7 Å². The Labute approximate surface area is 81.2 Å². The molecule has 0 aromatic rings. The number of aliphatic carboxylic acids is 1. The molecule has 0 aliphatic carbocycles. The normalized spacial score (nSPS) is 37.7. The van der Waals surface area contributed by atoms with Crippen molar-refractivity contribution in [3.63, 3.8) is 0 Å². The second kappa shape index (κ2) is 2.87. The Balaban J connectivity index is 2.25. The van der Waals surface area contributed by atoms with E-state index in [0.29, 0.717) is 6.61 Å². The van der Waals surface area contributed by atoms with Crippen LogP contribution in [0.15, 0.2) is 0 Å². The Morgan fingerprint density at radius 3 is 3.00 bits per heavy atom. The second-order valence-corrected chi connectivity index (χ2v) is 5.73. The van der Waals surface area contributed by atoms with E-state index in [-0.39, 0.29) is 10.1 Å². The molecule has 0 radical (unpaired) electrons. The van der Waals surface area contributed by atoms with Crippen LogP contribution in [0.4, 0.5) is 0 Å². The van der Waals surface area contributed by atoms with Crippen LogP contribution in [0.2, 0.25) is 0 Å². The maximum atomic E-state index is 11.0. The average molecular weight is 203 g/mol. The zero-order valence-corrected chi connectivity index (χ0v) is 8.50. The van der Waals surface area contributed by atoms with Crippen molar-refractivity contribution in [3.05, 3.63) is 0 Å². The van der Waals surface area contributed by atoms with E-state index in [1.807, 2.05) is 13.8 Å². The molecule has 2 atom stereocenters. The molecule has 2 saturated heterocycles. The number of carbonyl (C=O) groups is 1. The lowest BCUT2D eigenvalue weighted by Crippen LogP contribution is -2.45.